The standard InChI is InChI=1S/C17H19NO.C17H17N/c1-3-18(4-2)16-13-9-8-12-15(16)17(19)14-10-6-5-7-11-14;1-3-14-9-10-16-11-17(13(2)18(16)12-14)15-7-5-4-6-8-15/h5-13H,3-4H2,1-2H3;4-12H,3H2,1-2H3. The Hall–Kier alpha value is -4.11. The van der Waals surface area contributed by atoms with E-state index in [9.17, 15) is 4.79 Å². The quantitative estimate of drug-likeness (QED) is 0.215. The SMILES string of the molecule is CCN(CC)c1ccccc1C(=O)c1ccccc1.CCc1ccc2cc(-c3ccccc3)c(C)n2c1. The number of hydrogen-bond donors (Lipinski definition) is 0. The molecule has 0 aliphatic rings. The van der Waals surface area contributed by atoms with Gasteiger partial charge in [-0.2, -0.15) is 0 Å². The van der Waals surface area contributed by atoms with Crippen LogP contribution in [0, 0.1) is 6.92 Å². The van der Waals surface area contributed by atoms with Gasteiger partial charge in [-0.3, -0.25) is 4.79 Å². The molecule has 0 amide bonds. The largest absolute Gasteiger partial charge is 0.371 e. The highest BCUT2D eigenvalue weighted by Gasteiger charge is 2.15. The number of aryl methyl sites for hydroxylation is 2. The van der Waals surface area contributed by atoms with Crippen LogP contribution in [0.15, 0.2) is 109 Å². The topological polar surface area (TPSA) is 24.7 Å². The molecule has 0 saturated heterocycles. The van der Waals surface area contributed by atoms with Gasteiger partial charge >= 0.3 is 0 Å². The molecule has 5 aromatic rings. The van der Waals surface area contributed by atoms with Gasteiger partial charge in [0, 0.05) is 52.9 Å². The molecule has 0 bridgehead atoms. The number of fused-ring (bicyclic) bond motifs is 1. The lowest BCUT2D eigenvalue weighted by atomic mass is 10.0. The molecule has 0 aliphatic heterocycles. The predicted octanol–water partition coefficient (Wildman–Crippen LogP) is 8.24. The fourth-order valence-corrected chi connectivity index (χ4v) is 4.72. The molecule has 0 N–H and O–H groups in total. The number of pyridine rings is 1. The van der Waals surface area contributed by atoms with Crippen LogP contribution in [0.3, 0.4) is 0 Å². The summed E-state index contributed by atoms with van der Waals surface area (Å²) in [5.74, 6) is 0.0862. The molecular formula is C34H36N2O. The summed E-state index contributed by atoms with van der Waals surface area (Å²) in [7, 11) is 0. The Morgan fingerprint density at radius 3 is 2.03 bits per heavy atom. The van der Waals surface area contributed by atoms with E-state index in [1.807, 2.05) is 54.6 Å². The molecule has 2 heterocycles. The Bertz CT molecular complexity index is 1450. The summed E-state index contributed by atoms with van der Waals surface area (Å²) >= 11 is 0. The molecule has 3 nitrogen and oxygen atoms in total. The van der Waals surface area contributed by atoms with Gasteiger partial charge in [-0.15, -0.1) is 0 Å². The highest BCUT2D eigenvalue weighted by Crippen LogP contribution is 2.27. The van der Waals surface area contributed by atoms with E-state index in [2.05, 4.69) is 91.7 Å². The van der Waals surface area contributed by atoms with Crippen LogP contribution in [-0.4, -0.2) is 23.3 Å². The number of carbonyl (C=O) groups is 1. The number of para-hydroxylation sites is 1. The van der Waals surface area contributed by atoms with Gasteiger partial charge in [0.25, 0.3) is 0 Å². The predicted molar refractivity (Wildman–Crippen MR) is 157 cm³/mol. The summed E-state index contributed by atoms with van der Waals surface area (Å²) in [5.41, 5.74) is 9.09. The minimum Gasteiger partial charge on any atom is -0.371 e. The maximum absolute atomic E-state index is 12.6. The van der Waals surface area contributed by atoms with Crippen LogP contribution in [0.5, 0.6) is 0 Å². The Morgan fingerprint density at radius 2 is 1.38 bits per heavy atom. The number of aromatic nitrogens is 1. The molecule has 0 radical (unpaired) electrons. The summed E-state index contributed by atoms with van der Waals surface area (Å²) in [5, 5.41) is 0. The molecule has 0 fully saturated rings. The zero-order valence-corrected chi connectivity index (χ0v) is 22.3. The van der Waals surface area contributed by atoms with Crippen LogP contribution in [0.25, 0.3) is 16.6 Å². The fourth-order valence-electron chi connectivity index (χ4n) is 4.72. The number of benzene rings is 3. The van der Waals surface area contributed by atoms with Crippen LogP contribution in [-0.2, 0) is 6.42 Å². The van der Waals surface area contributed by atoms with Crippen molar-refractivity contribution in [3.63, 3.8) is 0 Å². The molecule has 0 aliphatic carbocycles. The zero-order valence-electron chi connectivity index (χ0n) is 22.3. The van der Waals surface area contributed by atoms with E-state index in [0.717, 1.165) is 36.3 Å². The van der Waals surface area contributed by atoms with Gasteiger partial charge in [-0.1, -0.05) is 85.8 Å². The summed E-state index contributed by atoms with van der Waals surface area (Å²) in [6, 6.07) is 34.5. The second-order valence-electron chi connectivity index (χ2n) is 9.08. The number of anilines is 1. The third-order valence-corrected chi connectivity index (χ3v) is 6.87. The third kappa shape index (κ3) is 5.83. The fraction of sp³-hybridized carbons (Fsp3) is 0.206. The first kappa shape index (κ1) is 26.0. The van der Waals surface area contributed by atoms with E-state index >= 15 is 0 Å². The van der Waals surface area contributed by atoms with Crippen LogP contribution >= 0.6 is 0 Å². The molecule has 0 atom stereocenters. The van der Waals surface area contributed by atoms with Gasteiger partial charge < -0.3 is 9.30 Å². The first-order valence-corrected chi connectivity index (χ1v) is 13.2. The highest BCUT2D eigenvalue weighted by atomic mass is 16.1. The van der Waals surface area contributed by atoms with Crippen LogP contribution < -0.4 is 4.90 Å². The van der Waals surface area contributed by atoms with Gasteiger partial charge in [0.1, 0.15) is 0 Å². The molecule has 0 spiro atoms. The monoisotopic (exact) mass is 488 g/mol. The Morgan fingerprint density at radius 1 is 0.757 bits per heavy atom. The van der Waals surface area contributed by atoms with Crippen LogP contribution in [0.2, 0.25) is 0 Å². The summed E-state index contributed by atoms with van der Waals surface area (Å²) in [6.07, 6.45) is 3.32. The summed E-state index contributed by atoms with van der Waals surface area (Å²) < 4.78 is 2.29. The van der Waals surface area contributed by atoms with Gasteiger partial charge in [-0.25, -0.2) is 0 Å². The van der Waals surface area contributed by atoms with E-state index < -0.39 is 0 Å². The van der Waals surface area contributed by atoms with Crippen molar-refractivity contribution in [1.82, 2.24) is 4.40 Å². The van der Waals surface area contributed by atoms with Crippen molar-refractivity contribution in [2.45, 2.75) is 34.1 Å². The lowest BCUT2D eigenvalue weighted by Gasteiger charge is -2.23. The zero-order chi connectivity index (χ0) is 26.2. The molecule has 188 valence electrons. The van der Waals surface area contributed by atoms with Crippen molar-refractivity contribution in [2.75, 3.05) is 18.0 Å². The maximum Gasteiger partial charge on any atom is 0.195 e. The van der Waals surface area contributed by atoms with Crippen molar-refractivity contribution >= 4 is 17.0 Å². The van der Waals surface area contributed by atoms with E-state index in [1.54, 1.807) is 0 Å². The van der Waals surface area contributed by atoms with Gasteiger partial charge in [0.15, 0.2) is 5.78 Å². The van der Waals surface area contributed by atoms with Crippen LogP contribution in [0.4, 0.5) is 5.69 Å². The van der Waals surface area contributed by atoms with E-state index in [-0.39, 0.29) is 5.78 Å². The number of nitrogens with zero attached hydrogens (tertiary/aromatic N) is 2. The number of rotatable bonds is 7. The number of ketones is 1. The second kappa shape index (κ2) is 12.2. The normalized spacial score (nSPS) is 10.6. The summed E-state index contributed by atoms with van der Waals surface area (Å²) in [6.45, 7) is 10.4. The molecule has 37 heavy (non-hydrogen) atoms. The van der Waals surface area contributed by atoms with Crippen molar-refractivity contribution in [3.05, 3.63) is 132 Å². The van der Waals surface area contributed by atoms with E-state index in [4.69, 9.17) is 0 Å². The summed E-state index contributed by atoms with van der Waals surface area (Å²) in [4.78, 5) is 14.8. The van der Waals surface area contributed by atoms with E-state index in [1.165, 1.54) is 27.9 Å². The third-order valence-electron chi connectivity index (χ3n) is 6.87. The Balaban J connectivity index is 0.000000173. The molecule has 0 saturated carbocycles. The average molecular weight is 489 g/mol. The lowest BCUT2D eigenvalue weighted by molar-refractivity contribution is 0.103. The van der Waals surface area contributed by atoms with Crippen molar-refractivity contribution in [2.24, 2.45) is 0 Å². The minimum absolute atomic E-state index is 0.0862. The molecule has 0 unspecified atom stereocenters. The maximum atomic E-state index is 12.6. The highest BCUT2D eigenvalue weighted by molar-refractivity contribution is 6.12. The molecule has 5 rings (SSSR count). The Kier molecular flexibility index (Phi) is 8.58. The van der Waals surface area contributed by atoms with Gasteiger partial charge in [0.05, 0.1) is 0 Å². The van der Waals surface area contributed by atoms with Crippen molar-refractivity contribution in [3.8, 4) is 11.1 Å². The first-order chi connectivity index (χ1) is 18.1. The molecular weight excluding hydrogens is 452 g/mol. The van der Waals surface area contributed by atoms with Gasteiger partial charge in [0.2, 0.25) is 0 Å². The van der Waals surface area contributed by atoms with Crippen molar-refractivity contribution in [1.29, 1.82) is 0 Å². The number of hydrogen-bond acceptors (Lipinski definition) is 2. The minimum atomic E-state index is 0.0862. The smallest absolute Gasteiger partial charge is 0.195 e. The molecule has 3 heteroatoms. The lowest BCUT2D eigenvalue weighted by Crippen LogP contribution is -2.24. The average Bonchev–Trinajstić information content (AvgIpc) is 3.30. The molecule has 2 aromatic heterocycles. The van der Waals surface area contributed by atoms with Gasteiger partial charge in [-0.05, 0) is 62.6 Å². The number of carbonyl (C=O) groups excluding carboxylic acids is 1. The Labute approximate surface area is 221 Å². The van der Waals surface area contributed by atoms with Crippen molar-refractivity contribution < 1.29 is 4.79 Å². The second-order valence-corrected chi connectivity index (χ2v) is 9.08. The van der Waals surface area contributed by atoms with Crippen LogP contribution in [0.1, 0.15) is 48.0 Å². The van der Waals surface area contributed by atoms with E-state index in [0.29, 0.717) is 0 Å². The first-order valence-electron chi connectivity index (χ1n) is 13.2. The molecule has 3 aromatic carbocycles.